The zero-order valence-electron chi connectivity index (χ0n) is 13.2. The van der Waals surface area contributed by atoms with Gasteiger partial charge in [-0.15, -0.1) is 11.3 Å². The summed E-state index contributed by atoms with van der Waals surface area (Å²) in [5, 5.41) is 2.12. The molecular weight excluding hydrogens is 298 g/mol. The lowest BCUT2D eigenvalue weighted by Crippen LogP contribution is -2.52. The van der Waals surface area contributed by atoms with Crippen molar-refractivity contribution in [2.24, 2.45) is 5.73 Å². The molecule has 2 atom stereocenters. The number of hydrogen-bond acceptors (Lipinski definition) is 5. The van der Waals surface area contributed by atoms with Gasteiger partial charge in [0.15, 0.2) is 0 Å². The second-order valence-corrected chi connectivity index (χ2v) is 7.18. The van der Waals surface area contributed by atoms with Gasteiger partial charge in [0.25, 0.3) is 0 Å². The molecule has 1 fully saturated rings. The fraction of sp³-hybridized carbons (Fsp3) is 0.688. The summed E-state index contributed by atoms with van der Waals surface area (Å²) < 4.78 is 5.45. The number of carbonyl (C=O) groups is 1. The highest BCUT2D eigenvalue weighted by Crippen LogP contribution is 2.25. The number of methoxy groups -OCH3 is 1. The molecule has 3 heterocycles. The average molecular weight is 323 g/mol. The Labute approximate surface area is 136 Å². The number of nitrogens with zero attached hydrogens (tertiary/aromatic N) is 2. The van der Waals surface area contributed by atoms with Crippen molar-refractivity contribution in [2.45, 2.75) is 38.0 Å². The van der Waals surface area contributed by atoms with Crippen molar-refractivity contribution < 1.29 is 9.53 Å². The third-order valence-corrected chi connectivity index (χ3v) is 5.92. The number of carbonyl (C=O) groups excluding carboxylic acids is 1. The molecule has 0 saturated carbocycles. The summed E-state index contributed by atoms with van der Waals surface area (Å²) in [6, 6.07) is 2.40. The maximum Gasteiger partial charge on any atom is 0.237 e. The number of ether oxygens (including phenoxy) is 1. The van der Waals surface area contributed by atoms with Crippen LogP contribution in [0.2, 0.25) is 0 Å². The smallest absolute Gasteiger partial charge is 0.237 e. The van der Waals surface area contributed by atoms with E-state index in [-0.39, 0.29) is 18.1 Å². The summed E-state index contributed by atoms with van der Waals surface area (Å²) in [4.78, 5) is 18.3. The van der Waals surface area contributed by atoms with Gasteiger partial charge in [0.05, 0.1) is 12.6 Å². The van der Waals surface area contributed by atoms with Crippen molar-refractivity contribution in [3.05, 3.63) is 21.9 Å². The van der Waals surface area contributed by atoms with E-state index in [4.69, 9.17) is 10.5 Å². The number of nitrogens with two attached hydrogens (primary N) is 1. The van der Waals surface area contributed by atoms with E-state index in [1.807, 2.05) is 4.90 Å². The first-order valence-electron chi connectivity index (χ1n) is 8.01. The lowest BCUT2D eigenvalue weighted by molar-refractivity contribution is -0.134. The third kappa shape index (κ3) is 3.35. The zero-order chi connectivity index (χ0) is 15.5. The molecule has 22 heavy (non-hydrogen) atoms. The van der Waals surface area contributed by atoms with Crippen molar-refractivity contribution in [3.8, 4) is 0 Å². The number of fused-ring (bicyclic) bond motifs is 1. The molecule has 2 aliphatic heterocycles. The van der Waals surface area contributed by atoms with Gasteiger partial charge in [-0.1, -0.05) is 0 Å². The SMILES string of the molecule is COC1CCN(CC(=O)N2CCc3sccc3C2)C(CN)C1. The summed E-state index contributed by atoms with van der Waals surface area (Å²) >= 11 is 1.80. The molecule has 0 radical (unpaired) electrons. The van der Waals surface area contributed by atoms with Gasteiger partial charge < -0.3 is 15.4 Å². The van der Waals surface area contributed by atoms with Crippen LogP contribution < -0.4 is 5.73 Å². The Bertz CT molecular complexity index is 519. The highest BCUT2D eigenvalue weighted by atomic mass is 32.1. The summed E-state index contributed by atoms with van der Waals surface area (Å²) in [6.45, 7) is 3.57. The van der Waals surface area contributed by atoms with E-state index < -0.39 is 0 Å². The van der Waals surface area contributed by atoms with E-state index >= 15 is 0 Å². The molecular formula is C16H25N3O2S. The van der Waals surface area contributed by atoms with Gasteiger partial charge in [-0.3, -0.25) is 9.69 Å². The molecule has 1 aromatic heterocycles. The minimum absolute atomic E-state index is 0.228. The lowest BCUT2D eigenvalue weighted by atomic mass is 9.99. The minimum Gasteiger partial charge on any atom is -0.381 e. The maximum atomic E-state index is 12.6. The predicted octanol–water partition coefficient (Wildman–Crippen LogP) is 1.07. The molecule has 1 aromatic rings. The van der Waals surface area contributed by atoms with E-state index in [2.05, 4.69) is 16.3 Å². The quantitative estimate of drug-likeness (QED) is 0.900. The fourth-order valence-electron chi connectivity index (χ4n) is 3.47. The third-order valence-electron chi connectivity index (χ3n) is 4.89. The molecule has 2 N–H and O–H groups in total. The molecule has 1 amide bonds. The number of likely N-dealkylation sites (tertiary alicyclic amines) is 1. The van der Waals surface area contributed by atoms with E-state index in [1.165, 1.54) is 10.4 Å². The second kappa shape index (κ2) is 7.08. The summed E-state index contributed by atoms with van der Waals surface area (Å²) in [5.41, 5.74) is 7.21. The molecule has 122 valence electrons. The lowest BCUT2D eigenvalue weighted by Gasteiger charge is -2.39. The van der Waals surface area contributed by atoms with Crippen LogP contribution in [-0.4, -0.2) is 61.1 Å². The molecule has 0 spiro atoms. The normalized spacial score (nSPS) is 26.0. The highest BCUT2D eigenvalue weighted by molar-refractivity contribution is 7.10. The fourth-order valence-corrected chi connectivity index (χ4v) is 4.36. The molecule has 2 aliphatic rings. The Morgan fingerprint density at radius 3 is 3.14 bits per heavy atom. The Morgan fingerprint density at radius 1 is 1.50 bits per heavy atom. The molecule has 6 heteroatoms. The molecule has 5 nitrogen and oxygen atoms in total. The van der Waals surface area contributed by atoms with Crippen molar-refractivity contribution in [3.63, 3.8) is 0 Å². The molecule has 0 aliphatic carbocycles. The van der Waals surface area contributed by atoms with Crippen LogP contribution in [-0.2, 0) is 22.5 Å². The highest BCUT2D eigenvalue weighted by Gasteiger charge is 2.30. The monoisotopic (exact) mass is 323 g/mol. The molecule has 0 aromatic carbocycles. The number of piperidine rings is 1. The van der Waals surface area contributed by atoms with Crippen LogP contribution in [0.5, 0.6) is 0 Å². The van der Waals surface area contributed by atoms with Gasteiger partial charge in [0, 0.05) is 44.2 Å². The maximum absolute atomic E-state index is 12.6. The predicted molar refractivity (Wildman–Crippen MR) is 87.9 cm³/mol. The van der Waals surface area contributed by atoms with Crippen LogP contribution in [0, 0.1) is 0 Å². The van der Waals surface area contributed by atoms with Gasteiger partial charge in [-0.2, -0.15) is 0 Å². The van der Waals surface area contributed by atoms with Gasteiger partial charge >= 0.3 is 0 Å². The first kappa shape index (κ1) is 15.9. The average Bonchev–Trinajstić information content (AvgIpc) is 3.02. The van der Waals surface area contributed by atoms with Crippen LogP contribution in [0.4, 0.5) is 0 Å². The zero-order valence-corrected chi connectivity index (χ0v) is 14.0. The van der Waals surface area contributed by atoms with Crippen molar-refractivity contribution in [1.29, 1.82) is 0 Å². The minimum atomic E-state index is 0.228. The first-order valence-corrected chi connectivity index (χ1v) is 8.89. The Balaban J connectivity index is 1.57. The molecule has 3 rings (SSSR count). The van der Waals surface area contributed by atoms with Gasteiger partial charge in [0.1, 0.15) is 0 Å². The Hall–Kier alpha value is -0.950. The van der Waals surface area contributed by atoms with E-state index in [9.17, 15) is 4.79 Å². The van der Waals surface area contributed by atoms with Crippen LogP contribution in [0.3, 0.4) is 0 Å². The van der Waals surface area contributed by atoms with Gasteiger partial charge in [-0.25, -0.2) is 0 Å². The molecule has 1 saturated heterocycles. The van der Waals surface area contributed by atoms with E-state index in [0.29, 0.717) is 13.1 Å². The Kier molecular flexibility index (Phi) is 5.13. The summed E-state index contributed by atoms with van der Waals surface area (Å²) in [5.74, 6) is 0.228. The van der Waals surface area contributed by atoms with Crippen LogP contribution >= 0.6 is 11.3 Å². The molecule has 2 unspecified atom stereocenters. The van der Waals surface area contributed by atoms with E-state index in [0.717, 1.165) is 38.9 Å². The van der Waals surface area contributed by atoms with Crippen molar-refractivity contribution in [1.82, 2.24) is 9.80 Å². The van der Waals surface area contributed by atoms with E-state index in [1.54, 1.807) is 18.4 Å². The van der Waals surface area contributed by atoms with Crippen molar-refractivity contribution in [2.75, 3.05) is 33.3 Å². The number of amides is 1. The first-order chi connectivity index (χ1) is 10.7. The van der Waals surface area contributed by atoms with Crippen LogP contribution in [0.15, 0.2) is 11.4 Å². The number of hydrogen-bond donors (Lipinski definition) is 1. The number of rotatable bonds is 4. The summed E-state index contributed by atoms with van der Waals surface area (Å²) in [7, 11) is 1.76. The number of thiophene rings is 1. The van der Waals surface area contributed by atoms with Crippen molar-refractivity contribution >= 4 is 17.2 Å². The largest absolute Gasteiger partial charge is 0.381 e. The van der Waals surface area contributed by atoms with Gasteiger partial charge in [-0.05, 0) is 36.3 Å². The second-order valence-electron chi connectivity index (χ2n) is 6.18. The molecule has 0 bridgehead atoms. The van der Waals surface area contributed by atoms with Gasteiger partial charge in [0.2, 0.25) is 5.91 Å². The van der Waals surface area contributed by atoms with Crippen LogP contribution in [0.1, 0.15) is 23.3 Å². The Morgan fingerprint density at radius 2 is 2.36 bits per heavy atom. The van der Waals surface area contributed by atoms with Crippen LogP contribution in [0.25, 0.3) is 0 Å². The topological polar surface area (TPSA) is 58.8 Å². The summed E-state index contributed by atoms with van der Waals surface area (Å²) in [6.07, 6.45) is 3.18. The standard InChI is InChI=1S/C16H25N3O2S/c1-21-14-2-5-18(13(8-14)9-17)11-16(20)19-6-3-15-12(10-19)4-7-22-15/h4,7,13-14H,2-3,5-6,8-11,17H2,1H3.